The molecule has 0 spiro atoms. The number of Topliss-reactive ketones (excluding diaryl/α,β-unsaturated/α-hetero) is 1. The minimum absolute atomic E-state index is 0.0525. The first-order chi connectivity index (χ1) is 14.0. The molecule has 0 N–H and O–H groups in total. The lowest BCUT2D eigenvalue weighted by Crippen LogP contribution is -2.56. The summed E-state index contributed by atoms with van der Waals surface area (Å²) < 4.78 is 0. The Bertz CT molecular complexity index is 1030. The molecular weight excluding hydrogens is 406 g/mol. The second-order valence-corrected chi connectivity index (χ2v) is 8.79. The Balaban J connectivity index is 1.42. The summed E-state index contributed by atoms with van der Waals surface area (Å²) in [4.78, 5) is 47.9. The number of nitrogens with zero attached hydrogens (tertiary/aromatic N) is 3. The first-order valence-corrected chi connectivity index (χ1v) is 10.9. The van der Waals surface area contributed by atoms with Crippen LogP contribution in [0.3, 0.4) is 0 Å². The zero-order valence-corrected chi connectivity index (χ0v) is 17.4. The third-order valence-corrected chi connectivity index (χ3v) is 6.95. The zero-order valence-electron chi connectivity index (χ0n) is 15.8. The molecule has 3 heterocycles. The quantitative estimate of drug-likeness (QED) is 0.474. The molecule has 148 valence electrons. The minimum Gasteiger partial charge on any atom is -0.335 e. The first-order valence-electron chi connectivity index (χ1n) is 9.23. The number of ketones is 1. The number of thiophene rings is 1. The van der Waals surface area contributed by atoms with E-state index in [1.54, 1.807) is 39.7 Å². The van der Waals surface area contributed by atoms with Gasteiger partial charge in [0, 0.05) is 42.3 Å². The van der Waals surface area contributed by atoms with Crippen LogP contribution in [0.25, 0.3) is 9.75 Å². The van der Waals surface area contributed by atoms with E-state index in [2.05, 4.69) is 4.98 Å². The van der Waals surface area contributed by atoms with E-state index in [4.69, 9.17) is 0 Å². The Morgan fingerprint density at radius 2 is 1.83 bits per heavy atom. The molecule has 6 nitrogen and oxygen atoms in total. The number of carbonyl (C=O) groups is 3. The molecule has 1 aromatic carbocycles. The van der Waals surface area contributed by atoms with Crippen molar-refractivity contribution in [1.82, 2.24) is 14.8 Å². The molecule has 2 amide bonds. The lowest BCUT2D eigenvalue weighted by molar-refractivity contribution is -0.130. The smallest absolute Gasteiger partial charge is 0.296 e. The highest BCUT2D eigenvalue weighted by atomic mass is 32.1. The minimum atomic E-state index is -0.512. The van der Waals surface area contributed by atoms with E-state index < -0.39 is 11.7 Å². The van der Waals surface area contributed by atoms with Crippen LogP contribution < -0.4 is 0 Å². The number of carbonyl (C=O) groups excluding carboxylic acids is 3. The largest absolute Gasteiger partial charge is 0.335 e. The fourth-order valence-electron chi connectivity index (χ4n) is 3.37. The Morgan fingerprint density at radius 1 is 1.03 bits per heavy atom. The van der Waals surface area contributed by atoms with Gasteiger partial charge in [0.05, 0.1) is 15.3 Å². The molecule has 1 saturated heterocycles. The maximum absolute atomic E-state index is 12.8. The normalized spacial score (nSPS) is 16.7. The van der Waals surface area contributed by atoms with Crippen LogP contribution in [0.15, 0.2) is 54.2 Å². The summed E-state index contributed by atoms with van der Waals surface area (Å²) in [5.41, 5.74) is 2.37. The number of amides is 2. The lowest BCUT2D eigenvalue weighted by atomic mass is 10.1. The standard InChI is InChI=1S/C21H19N3O3S2/c1-14-12-23(20(26)15-5-3-2-4-6-15)9-10-24(14)21(27)19(25)17-8-7-16(29-17)18-11-22-13-28-18/h2-8,11,13-14H,9-10,12H2,1H3/t14-/m1/s1. The molecule has 1 atom stereocenters. The Hall–Kier alpha value is -2.84. The van der Waals surface area contributed by atoms with Crippen LogP contribution in [0.2, 0.25) is 0 Å². The summed E-state index contributed by atoms with van der Waals surface area (Å²) in [6.45, 7) is 3.03. The topological polar surface area (TPSA) is 70.6 Å². The van der Waals surface area contributed by atoms with Crippen LogP contribution in [-0.2, 0) is 4.79 Å². The molecule has 0 unspecified atom stereocenters. The highest BCUT2D eigenvalue weighted by Gasteiger charge is 2.34. The molecular formula is C21H19N3O3S2. The van der Waals surface area contributed by atoms with Crippen molar-refractivity contribution in [3.63, 3.8) is 0 Å². The van der Waals surface area contributed by atoms with E-state index in [9.17, 15) is 14.4 Å². The van der Waals surface area contributed by atoms with Crippen LogP contribution in [0.5, 0.6) is 0 Å². The molecule has 3 aromatic rings. The summed E-state index contributed by atoms with van der Waals surface area (Å²) in [6.07, 6.45) is 1.75. The third-order valence-electron chi connectivity index (χ3n) is 4.90. The molecule has 8 heteroatoms. The average Bonchev–Trinajstić information content (AvgIpc) is 3.44. The molecule has 4 rings (SSSR count). The van der Waals surface area contributed by atoms with Gasteiger partial charge < -0.3 is 9.80 Å². The van der Waals surface area contributed by atoms with Gasteiger partial charge in [-0.25, -0.2) is 0 Å². The van der Waals surface area contributed by atoms with Crippen molar-refractivity contribution in [2.24, 2.45) is 0 Å². The van der Waals surface area contributed by atoms with Crippen LogP contribution >= 0.6 is 22.7 Å². The lowest BCUT2D eigenvalue weighted by Gasteiger charge is -2.39. The summed E-state index contributed by atoms with van der Waals surface area (Å²) in [5, 5.41) is 0. The summed E-state index contributed by atoms with van der Waals surface area (Å²) in [6, 6.07) is 12.4. The number of hydrogen-bond donors (Lipinski definition) is 0. The summed E-state index contributed by atoms with van der Waals surface area (Å²) >= 11 is 2.80. The van der Waals surface area contributed by atoms with Gasteiger partial charge in [0.2, 0.25) is 0 Å². The van der Waals surface area contributed by atoms with Crippen LogP contribution in [0.1, 0.15) is 27.0 Å². The van der Waals surface area contributed by atoms with Crippen molar-refractivity contribution in [2.75, 3.05) is 19.6 Å². The van der Waals surface area contributed by atoms with E-state index in [1.807, 2.05) is 31.2 Å². The van der Waals surface area contributed by atoms with E-state index in [0.717, 1.165) is 9.75 Å². The molecule has 0 saturated carbocycles. The van der Waals surface area contributed by atoms with Crippen molar-refractivity contribution in [3.8, 4) is 9.75 Å². The summed E-state index contributed by atoms with van der Waals surface area (Å²) in [5.74, 6) is -1.06. The monoisotopic (exact) mass is 425 g/mol. The average molecular weight is 426 g/mol. The Kier molecular flexibility index (Phi) is 5.55. The van der Waals surface area contributed by atoms with Crippen LogP contribution in [-0.4, -0.2) is 58.1 Å². The van der Waals surface area contributed by atoms with Gasteiger partial charge in [0.1, 0.15) is 0 Å². The van der Waals surface area contributed by atoms with E-state index in [1.165, 1.54) is 22.7 Å². The molecule has 2 aromatic heterocycles. The number of piperazine rings is 1. The SMILES string of the molecule is C[C@@H]1CN(C(=O)c2ccccc2)CCN1C(=O)C(=O)c1ccc(-c2cncs2)s1. The van der Waals surface area contributed by atoms with E-state index in [0.29, 0.717) is 30.1 Å². The highest BCUT2D eigenvalue weighted by Crippen LogP contribution is 2.31. The zero-order chi connectivity index (χ0) is 20.4. The molecule has 1 fully saturated rings. The molecule has 0 bridgehead atoms. The van der Waals surface area contributed by atoms with Gasteiger partial charge in [-0.3, -0.25) is 19.4 Å². The predicted molar refractivity (Wildman–Crippen MR) is 113 cm³/mol. The highest BCUT2D eigenvalue weighted by molar-refractivity contribution is 7.22. The maximum Gasteiger partial charge on any atom is 0.296 e. The van der Waals surface area contributed by atoms with E-state index >= 15 is 0 Å². The molecule has 0 aliphatic carbocycles. The van der Waals surface area contributed by atoms with Crippen LogP contribution in [0.4, 0.5) is 0 Å². The fourth-order valence-corrected chi connectivity index (χ4v) is 5.03. The van der Waals surface area contributed by atoms with Crippen LogP contribution in [0, 0.1) is 0 Å². The van der Waals surface area contributed by atoms with E-state index in [-0.39, 0.29) is 11.9 Å². The third kappa shape index (κ3) is 3.99. The van der Waals surface area contributed by atoms with Crippen molar-refractivity contribution in [1.29, 1.82) is 0 Å². The summed E-state index contributed by atoms with van der Waals surface area (Å²) in [7, 11) is 0. The van der Waals surface area contributed by atoms with Gasteiger partial charge in [0.25, 0.3) is 17.6 Å². The Morgan fingerprint density at radius 3 is 2.52 bits per heavy atom. The second kappa shape index (κ2) is 8.26. The predicted octanol–water partition coefficient (Wildman–Crippen LogP) is 3.43. The number of thiazole rings is 1. The van der Waals surface area contributed by atoms with Gasteiger partial charge in [-0.1, -0.05) is 18.2 Å². The maximum atomic E-state index is 12.8. The Labute approximate surface area is 176 Å². The molecule has 29 heavy (non-hydrogen) atoms. The van der Waals surface area contributed by atoms with Crippen molar-refractivity contribution in [2.45, 2.75) is 13.0 Å². The number of rotatable bonds is 4. The van der Waals surface area contributed by atoms with Gasteiger partial charge in [0.15, 0.2) is 0 Å². The molecule has 1 aliphatic rings. The number of aromatic nitrogens is 1. The fraction of sp³-hybridized carbons (Fsp3) is 0.238. The number of hydrogen-bond acceptors (Lipinski definition) is 6. The van der Waals surface area contributed by atoms with Crippen molar-refractivity contribution >= 4 is 40.3 Å². The van der Waals surface area contributed by atoms with Gasteiger partial charge in [-0.2, -0.15) is 0 Å². The van der Waals surface area contributed by atoms with Gasteiger partial charge in [-0.05, 0) is 31.2 Å². The van der Waals surface area contributed by atoms with Gasteiger partial charge >= 0.3 is 0 Å². The van der Waals surface area contributed by atoms with Gasteiger partial charge in [-0.15, -0.1) is 22.7 Å². The first kappa shape index (κ1) is 19.5. The van der Waals surface area contributed by atoms with Crippen molar-refractivity contribution in [3.05, 3.63) is 64.6 Å². The molecule has 0 radical (unpaired) electrons. The molecule has 1 aliphatic heterocycles. The number of benzene rings is 1. The van der Waals surface area contributed by atoms with Crippen molar-refractivity contribution < 1.29 is 14.4 Å². The second-order valence-electron chi connectivity index (χ2n) is 6.82.